The van der Waals surface area contributed by atoms with E-state index in [1.807, 2.05) is 44.2 Å². The zero-order valence-electron chi connectivity index (χ0n) is 25.4. The third-order valence-corrected chi connectivity index (χ3v) is 8.05. The summed E-state index contributed by atoms with van der Waals surface area (Å²) < 4.78 is 37.0. The normalized spacial score (nSPS) is 27.5. The molecule has 4 rings (SSSR count). The van der Waals surface area contributed by atoms with Crippen molar-refractivity contribution < 1.29 is 33.2 Å². The lowest BCUT2D eigenvalue weighted by Crippen LogP contribution is -2.46. The minimum absolute atomic E-state index is 0.234. The largest absolute Gasteiger partial charge is 0.440 e. The van der Waals surface area contributed by atoms with E-state index in [2.05, 4.69) is 17.1 Å². The number of amides is 1. The number of hydrogen-bond acceptors (Lipinski definition) is 8. The molecule has 3 aliphatic heterocycles. The smallest absolute Gasteiger partial charge is 0.412 e. The van der Waals surface area contributed by atoms with Crippen LogP contribution in [0, 0.1) is 0 Å². The van der Waals surface area contributed by atoms with Crippen molar-refractivity contribution in [3.63, 3.8) is 0 Å². The number of nitrogens with zero attached hydrogens (tertiary/aromatic N) is 1. The second kappa shape index (κ2) is 16.2. The van der Waals surface area contributed by atoms with Gasteiger partial charge in [0, 0.05) is 25.4 Å². The van der Waals surface area contributed by atoms with Crippen molar-refractivity contribution in [1.29, 1.82) is 0 Å². The number of ether oxygens (including phenoxy) is 6. The van der Waals surface area contributed by atoms with Gasteiger partial charge in [-0.3, -0.25) is 10.2 Å². The molecule has 9 nitrogen and oxygen atoms in total. The molecule has 0 aliphatic carbocycles. The topological polar surface area (TPSA) is 87.7 Å². The van der Waals surface area contributed by atoms with Crippen LogP contribution in [0.15, 0.2) is 30.3 Å². The van der Waals surface area contributed by atoms with Crippen LogP contribution >= 0.6 is 0 Å². The molecule has 1 amide bonds. The zero-order chi connectivity index (χ0) is 29.0. The van der Waals surface area contributed by atoms with E-state index in [-0.39, 0.29) is 12.7 Å². The van der Waals surface area contributed by atoms with Crippen molar-refractivity contribution in [2.45, 2.75) is 115 Å². The van der Waals surface area contributed by atoms with Crippen molar-refractivity contribution >= 4 is 11.8 Å². The highest BCUT2D eigenvalue weighted by Gasteiger charge is 2.66. The van der Waals surface area contributed by atoms with Gasteiger partial charge in [0.25, 0.3) is 0 Å². The summed E-state index contributed by atoms with van der Waals surface area (Å²) in [5, 5.41) is 2.83. The molecule has 3 aliphatic rings. The molecule has 0 saturated carbocycles. The Bertz CT molecular complexity index is 895. The van der Waals surface area contributed by atoms with Gasteiger partial charge in [0.2, 0.25) is 5.79 Å². The fourth-order valence-electron chi connectivity index (χ4n) is 6.01. The number of unbranched alkanes of at least 4 members (excludes halogenated alkanes) is 7. The lowest BCUT2D eigenvalue weighted by atomic mass is 10.0. The Morgan fingerprint density at radius 2 is 1.68 bits per heavy atom. The van der Waals surface area contributed by atoms with Gasteiger partial charge in [-0.15, -0.1) is 0 Å². The summed E-state index contributed by atoms with van der Waals surface area (Å²) in [6.07, 6.45) is 9.43. The number of rotatable bonds is 17. The second-order valence-electron chi connectivity index (χ2n) is 12.0. The lowest BCUT2D eigenvalue weighted by Gasteiger charge is -2.29. The van der Waals surface area contributed by atoms with E-state index >= 15 is 0 Å². The van der Waals surface area contributed by atoms with Gasteiger partial charge in [-0.25, -0.2) is 4.79 Å². The predicted octanol–water partition coefficient (Wildman–Crippen LogP) is 6.12. The Hall–Kier alpha value is -1.75. The standard InChI is InChI=1S/C32H52N2O7/c1-4-5-6-7-8-9-10-14-22-37-25-32-29(40-31(2,3)41-32)28(38-30(35)33-26-16-12-11-13-17-26)27(39-32)18-15-19-34-20-23-36-24-21-34/h11-13,16-17,27-29H,4-10,14-15,18-25H2,1-3H3,(H,33,35)/t27-,28+,29-,32-/m0/s1. The quantitative estimate of drug-likeness (QED) is 0.222. The van der Waals surface area contributed by atoms with Gasteiger partial charge in [0.05, 0.1) is 13.2 Å². The van der Waals surface area contributed by atoms with Gasteiger partial charge in [-0.05, 0) is 51.8 Å². The van der Waals surface area contributed by atoms with E-state index < -0.39 is 29.9 Å². The predicted molar refractivity (Wildman–Crippen MR) is 158 cm³/mol. The number of anilines is 1. The minimum Gasteiger partial charge on any atom is -0.440 e. The van der Waals surface area contributed by atoms with E-state index in [1.165, 1.54) is 38.5 Å². The number of hydrogen-bond donors (Lipinski definition) is 1. The Balaban J connectivity index is 1.34. The van der Waals surface area contributed by atoms with Crippen LogP contribution in [-0.2, 0) is 28.4 Å². The number of carbonyl (C=O) groups is 1. The Morgan fingerprint density at radius 1 is 0.976 bits per heavy atom. The molecule has 9 heteroatoms. The molecule has 0 radical (unpaired) electrons. The van der Waals surface area contributed by atoms with Gasteiger partial charge in [-0.2, -0.15) is 0 Å². The van der Waals surface area contributed by atoms with Crippen molar-refractivity contribution in [2.75, 3.05) is 51.4 Å². The number of morpholine rings is 1. The van der Waals surface area contributed by atoms with Crippen molar-refractivity contribution in [3.05, 3.63) is 30.3 Å². The Kier molecular flexibility index (Phi) is 12.7. The average Bonchev–Trinajstić information content (AvgIpc) is 3.37. The van der Waals surface area contributed by atoms with Crippen LogP contribution in [0.25, 0.3) is 0 Å². The third-order valence-electron chi connectivity index (χ3n) is 8.05. The summed E-state index contributed by atoms with van der Waals surface area (Å²) in [6, 6.07) is 9.29. The minimum atomic E-state index is -1.12. The maximum atomic E-state index is 13.0. The fourth-order valence-corrected chi connectivity index (χ4v) is 6.01. The van der Waals surface area contributed by atoms with Crippen LogP contribution < -0.4 is 5.32 Å². The van der Waals surface area contributed by atoms with E-state index in [4.69, 9.17) is 28.4 Å². The zero-order valence-corrected chi connectivity index (χ0v) is 25.4. The molecule has 1 aromatic rings. The molecule has 0 spiro atoms. The number of fused-ring (bicyclic) bond motifs is 1. The van der Waals surface area contributed by atoms with Crippen LogP contribution in [0.1, 0.15) is 85.0 Å². The summed E-state index contributed by atoms with van der Waals surface area (Å²) in [4.78, 5) is 15.4. The molecule has 41 heavy (non-hydrogen) atoms. The highest BCUT2D eigenvalue weighted by atomic mass is 16.9. The third kappa shape index (κ3) is 9.90. The molecule has 1 N–H and O–H groups in total. The molecule has 0 unspecified atom stereocenters. The SMILES string of the molecule is CCCCCCCCCCOC[C@@]12O[C@@H](CCCN3CCOCC3)[C@@H](OC(=O)Nc3ccccc3)[C@@H]1OC(C)(C)O2. The number of para-hydroxylation sites is 1. The van der Waals surface area contributed by atoms with Gasteiger partial charge in [0.1, 0.15) is 12.7 Å². The Morgan fingerprint density at radius 3 is 2.41 bits per heavy atom. The summed E-state index contributed by atoms with van der Waals surface area (Å²) in [5.41, 5.74) is 0.671. The second-order valence-corrected chi connectivity index (χ2v) is 12.0. The summed E-state index contributed by atoms with van der Waals surface area (Å²) in [5.74, 6) is -2.01. The van der Waals surface area contributed by atoms with Crippen LogP contribution in [0.4, 0.5) is 10.5 Å². The first kappa shape index (κ1) is 32.2. The number of benzene rings is 1. The maximum absolute atomic E-state index is 13.0. The highest BCUT2D eigenvalue weighted by Crippen LogP contribution is 2.47. The first-order valence-electron chi connectivity index (χ1n) is 15.9. The van der Waals surface area contributed by atoms with Crippen LogP contribution in [0.2, 0.25) is 0 Å². The van der Waals surface area contributed by atoms with Crippen LogP contribution in [-0.4, -0.2) is 86.9 Å². The molecule has 1 aromatic carbocycles. The van der Waals surface area contributed by atoms with E-state index in [9.17, 15) is 4.79 Å². The van der Waals surface area contributed by atoms with E-state index in [1.54, 1.807) is 0 Å². The molecule has 0 aromatic heterocycles. The van der Waals surface area contributed by atoms with Crippen molar-refractivity contribution in [1.82, 2.24) is 4.90 Å². The number of nitrogens with one attached hydrogen (secondary N) is 1. The first-order valence-corrected chi connectivity index (χ1v) is 15.9. The summed E-state index contributed by atoms with van der Waals surface area (Å²) in [6.45, 7) is 11.2. The van der Waals surface area contributed by atoms with Gasteiger partial charge < -0.3 is 28.4 Å². The maximum Gasteiger partial charge on any atom is 0.412 e. The molecule has 3 saturated heterocycles. The first-order chi connectivity index (χ1) is 19.9. The Labute approximate surface area is 246 Å². The van der Waals surface area contributed by atoms with E-state index in [0.717, 1.165) is 52.1 Å². The molecule has 232 valence electrons. The van der Waals surface area contributed by atoms with Gasteiger partial charge >= 0.3 is 6.09 Å². The molecule has 0 bridgehead atoms. The molecular weight excluding hydrogens is 524 g/mol. The fraction of sp³-hybridized carbons (Fsp3) is 0.781. The van der Waals surface area contributed by atoms with Gasteiger partial charge in [-0.1, -0.05) is 70.1 Å². The molecular formula is C32H52N2O7. The molecule has 3 heterocycles. The van der Waals surface area contributed by atoms with Crippen molar-refractivity contribution in [2.24, 2.45) is 0 Å². The summed E-state index contributed by atoms with van der Waals surface area (Å²) >= 11 is 0. The molecule has 3 fully saturated rings. The highest BCUT2D eigenvalue weighted by molar-refractivity contribution is 5.84. The average molecular weight is 577 g/mol. The summed E-state index contributed by atoms with van der Waals surface area (Å²) in [7, 11) is 0. The van der Waals surface area contributed by atoms with Crippen molar-refractivity contribution in [3.8, 4) is 0 Å². The number of carbonyl (C=O) groups excluding carboxylic acids is 1. The lowest BCUT2D eigenvalue weighted by molar-refractivity contribution is -0.278. The van der Waals surface area contributed by atoms with Crippen LogP contribution in [0.5, 0.6) is 0 Å². The van der Waals surface area contributed by atoms with Crippen LogP contribution in [0.3, 0.4) is 0 Å². The van der Waals surface area contributed by atoms with Gasteiger partial charge in [0.15, 0.2) is 18.0 Å². The monoisotopic (exact) mass is 576 g/mol. The molecule has 4 atom stereocenters. The van der Waals surface area contributed by atoms with E-state index in [0.29, 0.717) is 18.7 Å².